The number of halogens is 2. The molecule has 4 heavy (non-hydrogen) atoms. The molecule has 1 N–H and O–H groups in total. The Kier molecular flexibility index (Phi) is 19.9. The van der Waals surface area contributed by atoms with Crippen molar-refractivity contribution in [2.45, 2.75) is 0 Å². The maximum atomic E-state index is 4.51. The summed E-state index contributed by atoms with van der Waals surface area (Å²) in [5, 5.41) is 0. The van der Waals surface area contributed by atoms with Crippen LogP contribution in [0.15, 0.2) is 0 Å². The average molecular weight is 192 g/mol. The van der Waals surface area contributed by atoms with Crippen molar-refractivity contribution in [3.05, 3.63) is 0 Å². The van der Waals surface area contributed by atoms with Crippen LogP contribution in [0.1, 0.15) is 0 Å². The minimum atomic E-state index is 0. The van der Waals surface area contributed by atoms with E-state index in [9.17, 15) is 0 Å². The van der Waals surface area contributed by atoms with E-state index in [1.54, 1.807) is 4.35 Å². The summed E-state index contributed by atoms with van der Waals surface area (Å²) >= 11 is 9.03. The molecule has 0 unspecified atom stereocenters. The topological polar surface area (TPSA) is 12.0 Å². The van der Waals surface area contributed by atoms with Gasteiger partial charge < -0.3 is 0 Å². The molecule has 0 atom stereocenters. The summed E-state index contributed by atoms with van der Waals surface area (Å²) in [5.74, 6) is 0. The van der Waals surface area contributed by atoms with Gasteiger partial charge in [-0.2, -0.15) is 0 Å². The Morgan fingerprint density at radius 2 is 1.25 bits per heavy atom. The van der Waals surface area contributed by atoms with Crippen LogP contribution in [0.3, 0.4) is 0 Å². The van der Waals surface area contributed by atoms with Crippen LogP contribution >= 0.6 is 23.6 Å². The molecule has 0 aliphatic carbocycles. The van der Waals surface area contributed by atoms with E-state index in [1.165, 1.54) is 0 Å². The number of hydrogen-bond donors (Lipinski definition) is 1. The second-order valence-electron chi connectivity index (χ2n) is 0.0714. The van der Waals surface area contributed by atoms with Crippen molar-refractivity contribution in [3.8, 4) is 0 Å². The monoisotopic (exact) mass is 191 g/mol. The summed E-state index contributed by atoms with van der Waals surface area (Å²) in [7, 11) is 0. The van der Waals surface area contributed by atoms with Gasteiger partial charge in [-0.25, -0.2) is 0 Å². The molecular formula is HCl2NPd. The normalized spacial score (nSPS) is 4.50. The number of hydrogen-bond acceptors (Lipinski definition) is 1. The third kappa shape index (κ3) is 10.7. The molecule has 0 bridgehead atoms. The Balaban J connectivity index is 0. The molecule has 0 fully saturated rings. The maximum Gasteiger partial charge on any atom is 0 e. The minimum absolute atomic E-state index is 0. The predicted octanol–water partition coefficient (Wildman–Crippen LogP) is 0.881. The van der Waals surface area contributed by atoms with E-state index < -0.39 is 0 Å². The summed E-state index contributed by atoms with van der Waals surface area (Å²) in [6.07, 6.45) is 0. The van der Waals surface area contributed by atoms with E-state index in [0.717, 1.165) is 0 Å². The van der Waals surface area contributed by atoms with Crippen LogP contribution in [-0.2, 0) is 20.4 Å². The van der Waals surface area contributed by atoms with Crippen LogP contribution < -0.4 is 4.35 Å². The molecular weight excluding hydrogens is 191 g/mol. The molecule has 0 radical (unpaired) electrons. The van der Waals surface area contributed by atoms with E-state index in [-0.39, 0.29) is 20.4 Å². The molecule has 1 nitrogen and oxygen atoms in total. The molecule has 4 heteroatoms. The fourth-order valence-electron chi connectivity index (χ4n) is 0. The van der Waals surface area contributed by atoms with Crippen LogP contribution in [0.5, 0.6) is 0 Å². The van der Waals surface area contributed by atoms with E-state index in [4.69, 9.17) is 0 Å². The zero-order valence-electron chi connectivity index (χ0n) is 1.57. The smallest absolute Gasteiger partial charge is 0 e. The van der Waals surface area contributed by atoms with Crippen molar-refractivity contribution in [1.29, 1.82) is 0 Å². The van der Waals surface area contributed by atoms with Gasteiger partial charge >= 0.3 is 0 Å². The van der Waals surface area contributed by atoms with Gasteiger partial charge in [0.1, 0.15) is 0 Å². The second kappa shape index (κ2) is 8.88. The summed E-state index contributed by atoms with van der Waals surface area (Å²) in [6, 6.07) is 0. The molecule has 0 amide bonds. The Morgan fingerprint density at radius 1 is 1.25 bits per heavy atom. The Labute approximate surface area is 48.5 Å². The Hall–Kier alpha value is 1.20. The average Bonchev–Trinajstić information content (AvgIpc) is 0.918. The molecule has 0 rings (SSSR count). The minimum Gasteiger partial charge on any atom is -0.145 e. The van der Waals surface area contributed by atoms with Gasteiger partial charge in [-0.3, -0.25) is 0 Å². The second-order valence-corrected chi connectivity index (χ2v) is 0.643. The van der Waals surface area contributed by atoms with Gasteiger partial charge in [0, 0.05) is 20.4 Å². The van der Waals surface area contributed by atoms with Crippen molar-refractivity contribution < 1.29 is 20.4 Å². The van der Waals surface area contributed by atoms with Crippen LogP contribution in [0.4, 0.5) is 0 Å². The summed E-state index contributed by atoms with van der Waals surface area (Å²) in [5.41, 5.74) is 0. The third-order valence-electron chi connectivity index (χ3n) is 0. The predicted molar refractivity (Wildman–Crippen MR) is 14.8 cm³/mol. The van der Waals surface area contributed by atoms with E-state index in [1.807, 2.05) is 0 Å². The van der Waals surface area contributed by atoms with Crippen LogP contribution in [0.25, 0.3) is 0 Å². The van der Waals surface area contributed by atoms with Gasteiger partial charge in [-0.15, -0.1) is 4.35 Å². The molecule has 0 aliphatic heterocycles. The molecule has 0 saturated carbocycles. The van der Waals surface area contributed by atoms with Gasteiger partial charge in [0.15, 0.2) is 0 Å². The summed E-state index contributed by atoms with van der Waals surface area (Å²) < 4.78 is 1.69. The van der Waals surface area contributed by atoms with E-state index in [2.05, 4.69) is 23.6 Å². The number of nitrogens with one attached hydrogen (secondary N) is 1. The third-order valence-corrected chi connectivity index (χ3v) is 0. The van der Waals surface area contributed by atoms with E-state index >= 15 is 0 Å². The molecule has 0 spiro atoms. The van der Waals surface area contributed by atoms with Crippen molar-refractivity contribution in [1.82, 2.24) is 4.35 Å². The Bertz CT molecular complexity index is 6.00. The molecule has 0 aromatic rings. The molecule has 0 aromatic heterocycles. The SMILES string of the molecule is ClNCl.[Pd]. The van der Waals surface area contributed by atoms with Crippen LogP contribution in [-0.4, -0.2) is 0 Å². The van der Waals surface area contributed by atoms with Crippen molar-refractivity contribution in [3.63, 3.8) is 0 Å². The van der Waals surface area contributed by atoms with E-state index in [0.29, 0.717) is 0 Å². The van der Waals surface area contributed by atoms with Gasteiger partial charge in [-0.05, 0) is 23.6 Å². The summed E-state index contributed by atoms with van der Waals surface area (Å²) in [4.78, 5) is 0. The van der Waals surface area contributed by atoms with Crippen LogP contribution in [0.2, 0.25) is 0 Å². The van der Waals surface area contributed by atoms with Gasteiger partial charge in [0.05, 0.1) is 0 Å². The molecule has 0 saturated heterocycles. The van der Waals surface area contributed by atoms with Crippen molar-refractivity contribution >= 4 is 23.6 Å². The standard InChI is InChI=1S/Cl2HN.Pd/c1-3-2;/h3H;. The molecule has 0 aliphatic rings. The molecule has 0 heterocycles. The molecule has 30 valence electrons. The van der Waals surface area contributed by atoms with Crippen LogP contribution in [0, 0.1) is 0 Å². The van der Waals surface area contributed by atoms with Crippen molar-refractivity contribution in [2.24, 2.45) is 0 Å². The maximum absolute atomic E-state index is 4.51. The quantitative estimate of drug-likeness (QED) is 0.444. The zero-order chi connectivity index (χ0) is 2.71. The van der Waals surface area contributed by atoms with Gasteiger partial charge in [0.2, 0.25) is 0 Å². The first-order valence-corrected chi connectivity index (χ1v) is 1.13. The first-order chi connectivity index (χ1) is 1.41. The zero-order valence-corrected chi connectivity index (χ0v) is 4.64. The number of rotatable bonds is 0. The largest absolute Gasteiger partial charge is 0.145 e. The summed E-state index contributed by atoms with van der Waals surface area (Å²) in [6.45, 7) is 0. The molecule has 0 aromatic carbocycles. The fraction of sp³-hybridized carbons (Fsp3) is 0. The Morgan fingerprint density at radius 3 is 1.25 bits per heavy atom. The first kappa shape index (κ1) is 8.96. The fourth-order valence-corrected chi connectivity index (χ4v) is 0. The van der Waals surface area contributed by atoms with Gasteiger partial charge in [0.25, 0.3) is 0 Å². The first-order valence-electron chi connectivity index (χ1n) is 0.378. The van der Waals surface area contributed by atoms with Crippen molar-refractivity contribution in [2.75, 3.05) is 0 Å². The van der Waals surface area contributed by atoms with Gasteiger partial charge in [-0.1, -0.05) is 0 Å².